The number of hydrogen-bond acceptors (Lipinski definition) is 1. The van der Waals surface area contributed by atoms with Crippen LogP contribution in [0, 0.1) is 0 Å². The molecule has 0 aliphatic heterocycles. The zero-order valence-electron chi connectivity index (χ0n) is 9.76. The van der Waals surface area contributed by atoms with Gasteiger partial charge in [-0.05, 0) is 34.0 Å². The Morgan fingerprint density at radius 1 is 1.22 bits per heavy atom. The van der Waals surface area contributed by atoms with Crippen LogP contribution in [-0.2, 0) is 0 Å². The minimum Gasteiger partial charge on any atom is -0.465 e. The number of amides is 1. The molecule has 1 atom stereocenters. The van der Waals surface area contributed by atoms with Gasteiger partial charge in [-0.1, -0.05) is 36.4 Å². The monoisotopic (exact) mass is 239 g/mol. The fraction of sp³-hybridized carbons (Fsp3) is 0.133. The van der Waals surface area contributed by atoms with Crippen LogP contribution in [0.2, 0.25) is 0 Å². The Kier molecular flexibility index (Phi) is 2.52. The van der Waals surface area contributed by atoms with E-state index in [2.05, 4.69) is 41.7 Å². The van der Waals surface area contributed by atoms with Crippen molar-refractivity contribution in [3.05, 3.63) is 53.6 Å². The van der Waals surface area contributed by atoms with E-state index in [-0.39, 0.29) is 5.92 Å². The van der Waals surface area contributed by atoms with Gasteiger partial charge in [-0.3, -0.25) is 0 Å². The Hall–Kier alpha value is -2.29. The Balaban J connectivity index is 1.97. The van der Waals surface area contributed by atoms with Crippen LogP contribution in [-0.4, -0.2) is 17.7 Å². The Bertz CT molecular complexity index is 646. The zero-order valence-corrected chi connectivity index (χ0v) is 9.76. The number of rotatable bonds is 2. The molecule has 0 saturated heterocycles. The van der Waals surface area contributed by atoms with E-state index in [1.807, 2.05) is 12.1 Å². The average molecular weight is 239 g/mol. The molecular formula is C15H13NO2. The van der Waals surface area contributed by atoms with E-state index in [9.17, 15) is 4.79 Å². The maximum Gasteiger partial charge on any atom is 0.404 e. The number of hydrogen-bond donors (Lipinski definition) is 2. The van der Waals surface area contributed by atoms with Gasteiger partial charge in [0.25, 0.3) is 0 Å². The molecule has 2 aromatic rings. The summed E-state index contributed by atoms with van der Waals surface area (Å²) in [6, 6.07) is 12.5. The first kappa shape index (κ1) is 10.8. The SMILES string of the molecule is O=C(O)NCC1C=Cc2cc3ccccc3cc21. The maximum absolute atomic E-state index is 10.5. The van der Waals surface area contributed by atoms with E-state index in [1.54, 1.807) is 0 Å². The van der Waals surface area contributed by atoms with Crippen LogP contribution in [0.1, 0.15) is 17.0 Å². The van der Waals surface area contributed by atoms with Gasteiger partial charge in [0.05, 0.1) is 0 Å². The average Bonchev–Trinajstić information content (AvgIpc) is 2.76. The summed E-state index contributed by atoms with van der Waals surface area (Å²) in [4.78, 5) is 10.5. The topological polar surface area (TPSA) is 49.3 Å². The standard InChI is InChI=1S/C15H13NO2/c17-15(18)16-9-13-6-5-12-7-10-3-1-2-4-11(10)8-14(12)13/h1-8,13,16H,9H2,(H,17,18). The van der Waals surface area contributed by atoms with Gasteiger partial charge in [-0.25, -0.2) is 4.79 Å². The second-order valence-electron chi connectivity index (χ2n) is 4.48. The molecule has 0 heterocycles. The summed E-state index contributed by atoms with van der Waals surface area (Å²) < 4.78 is 0. The molecule has 0 bridgehead atoms. The van der Waals surface area contributed by atoms with Crippen molar-refractivity contribution in [2.24, 2.45) is 0 Å². The normalized spacial score (nSPS) is 16.8. The highest BCUT2D eigenvalue weighted by Gasteiger charge is 2.18. The van der Waals surface area contributed by atoms with E-state index in [4.69, 9.17) is 5.11 Å². The quantitative estimate of drug-likeness (QED) is 0.845. The Morgan fingerprint density at radius 3 is 2.67 bits per heavy atom. The van der Waals surface area contributed by atoms with Gasteiger partial charge in [0.2, 0.25) is 0 Å². The summed E-state index contributed by atoms with van der Waals surface area (Å²) in [7, 11) is 0. The van der Waals surface area contributed by atoms with E-state index in [0.29, 0.717) is 6.54 Å². The lowest BCUT2D eigenvalue weighted by Crippen LogP contribution is -2.25. The molecule has 3 nitrogen and oxygen atoms in total. The van der Waals surface area contributed by atoms with E-state index < -0.39 is 6.09 Å². The van der Waals surface area contributed by atoms with Gasteiger partial charge in [0.15, 0.2) is 0 Å². The summed E-state index contributed by atoms with van der Waals surface area (Å²) in [5.41, 5.74) is 2.38. The summed E-state index contributed by atoms with van der Waals surface area (Å²) >= 11 is 0. The smallest absolute Gasteiger partial charge is 0.404 e. The lowest BCUT2D eigenvalue weighted by molar-refractivity contribution is 0.194. The minimum atomic E-state index is -0.974. The highest BCUT2D eigenvalue weighted by molar-refractivity contribution is 5.87. The van der Waals surface area contributed by atoms with Crippen LogP contribution in [0.3, 0.4) is 0 Å². The Morgan fingerprint density at radius 2 is 1.94 bits per heavy atom. The third-order valence-corrected chi connectivity index (χ3v) is 3.33. The molecule has 0 fully saturated rings. The van der Waals surface area contributed by atoms with Crippen LogP contribution < -0.4 is 5.32 Å². The van der Waals surface area contributed by atoms with Crippen molar-refractivity contribution in [2.75, 3.05) is 6.54 Å². The molecule has 1 unspecified atom stereocenters. The lowest BCUT2D eigenvalue weighted by atomic mass is 9.97. The van der Waals surface area contributed by atoms with E-state index in [0.717, 1.165) is 0 Å². The number of carboxylic acid groups (broad SMARTS) is 1. The predicted octanol–water partition coefficient (Wildman–Crippen LogP) is 3.22. The number of carbonyl (C=O) groups is 1. The van der Waals surface area contributed by atoms with Crippen molar-refractivity contribution < 1.29 is 9.90 Å². The molecule has 2 aromatic carbocycles. The molecule has 3 rings (SSSR count). The van der Waals surface area contributed by atoms with Gasteiger partial charge in [0, 0.05) is 12.5 Å². The third-order valence-electron chi connectivity index (χ3n) is 3.33. The fourth-order valence-electron chi connectivity index (χ4n) is 2.44. The highest BCUT2D eigenvalue weighted by atomic mass is 16.4. The molecular weight excluding hydrogens is 226 g/mol. The van der Waals surface area contributed by atoms with Crippen molar-refractivity contribution >= 4 is 22.9 Å². The molecule has 90 valence electrons. The van der Waals surface area contributed by atoms with Crippen molar-refractivity contribution in [3.8, 4) is 0 Å². The molecule has 18 heavy (non-hydrogen) atoms. The number of benzene rings is 2. The van der Waals surface area contributed by atoms with Crippen LogP contribution in [0.15, 0.2) is 42.5 Å². The molecule has 2 N–H and O–H groups in total. The van der Waals surface area contributed by atoms with Gasteiger partial charge in [-0.2, -0.15) is 0 Å². The summed E-state index contributed by atoms with van der Waals surface area (Å²) in [5.74, 6) is 0.140. The second-order valence-corrected chi connectivity index (χ2v) is 4.48. The molecule has 1 amide bonds. The number of nitrogens with one attached hydrogen (secondary N) is 1. The highest BCUT2D eigenvalue weighted by Crippen LogP contribution is 2.32. The first-order chi connectivity index (χ1) is 8.74. The predicted molar refractivity (Wildman–Crippen MR) is 71.8 cm³/mol. The van der Waals surface area contributed by atoms with Crippen LogP contribution in [0.5, 0.6) is 0 Å². The van der Waals surface area contributed by atoms with Crippen LogP contribution in [0.4, 0.5) is 4.79 Å². The molecule has 1 aliphatic carbocycles. The van der Waals surface area contributed by atoms with Gasteiger partial charge in [0.1, 0.15) is 0 Å². The molecule has 3 heteroatoms. The van der Waals surface area contributed by atoms with Crippen molar-refractivity contribution in [3.63, 3.8) is 0 Å². The molecule has 0 radical (unpaired) electrons. The summed E-state index contributed by atoms with van der Waals surface area (Å²) in [5, 5.41) is 13.5. The van der Waals surface area contributed by atoms with Crippen molar-refractivity contribution in [1.82, 2.24) is 5.32 Å². The Labute approximate surface area is 105 Å². The maximum atomic E-state index is 10.5. The van der Waals surface area contributed by atoms with Gasteiger partial charge < -0.3 is 10.4 Å². The second kappa shape index (κ2) is 4.18. The molecule has 0 saturated carbocycles. The van der Waals surface area contributed by atoms with Crippen LogP contribution >= 0.6 is 0 Å². The van der Waals surface area contributed by atoms with Gasteiger partial charge in [-0.15, -0.1) is 0 Å². The minimum absolute atomic E-state index is 0.140. The van der Waals surface area contributed by atoms with Gasteiger partial charge >= 0.3 is 6.09 Å². The first-order valence-corrected chi connectivity index (χ1v) is 5.92. The molecule has 1 aliphatic rings. The summed E-state index contributed by atoms with van der Waals surface area (Å²) in [6.07, 6.45) is 3.15. The fourth-order valence-corrected chi connectivity index (χ4v) is 2.44. The molecule has 0 spiro atoms. The lowest BCUT2D eigenvalue weighted by Gasteiger charge is -2.11. The van der Waals surface area contributed by atoms with E-state index in [1.165, 1.54) is 21.9 Å². The first-order valence-electron chi connectivity index (χ1n) is 5.92. The van der Waals surface area contributed by atoms with Crippen molar-refractivity contribution in [2.45, 2.75) is 5.92 Å². The summed E-state index contributed by atoms with van der Waals surface area (Å²) in [6.45, 7) is 0.428. The number of fused-ring (bicyclic) bond motifs is 2. The van der Waals surface area contributed by atoms with Crippen molar-refractivity contribution in [1.29, 1.82) is 0 Å². The zero-order chi connectivity index (χ0) is 12.5. The molecule has 0 aromatic heterocycles. The third kappa shape index (κ3) is 1.84. The van der Waals surface area contributed by atoms with Crippen LogP contribution in [0.25, 0.3) is 16.8 Å². The van der Waals surface area contributed by atoms with E-state index >= 15 is 0 Å². The largest absolute Gasteiger partial charge is 0.465 e.